The number of hydrogen-bond donors (Lipinski definition) is 0. The van der Waals surface area contributed by atoms with Gasteiger partial charge in [-0.05, 0) is 37.5 Å². The van der Waals surface area contributed by atoms with Gasteiger partial charge in [-0.3, -0.25) is 0 Å². The summed E-state index contributed by atoms with van der Waals surface area (Å²) in [5.41, 5.74) is -1.73. The maximum Gasteiger partial charge on any atom is 0.419 e. The van der Waals surface area contributed by atoms with E-state index in [1.54, 1.807) is 0 Å². The Kier molecular flexibility index (Phi) is 10.4. The molecule has 0 N–H and O–H groups in total. The molecular formula is C21H30F4O2. The number of rotatable bonds is 12. The van der Waals surface area contributed by atoms with Gasteiger partial charge < -0.3 is 4.74 Å². The summed E-state index contributed by atoms with van der Waals surface area (Å²) in [5, 5.41) is 0. The fraction of sp³-hybridized carbons (Fsp3) is 0.667. The standard InChI is InChI=1S/C21H30F4O2/c1-3-5-6-7-8-9-10-11-12-17(4-2)27-20(26)16-13-14-19(22)18(15-16)21(23,24)25/h13-15,17H,3-12H2,1-2H3. The molecule has 154 valence electrons. The van der Waals surface area contributed by atoms with E-state index in [-0.39, 0.29) is 11.7 Å². The third-order valence-electron chi connectivity index (χ3n) is 4.62. The Morgan fingerprint density at radius 2 is 1.59 bits per heavy atom. The van der Waals surface area contributed by atoms with Crippen molar-refractivity contribution >= 4 is 5.97 Å². The van der Waals surface area contributed by atoms with E-state index in [2.05, 4.69) is 6.92 Å². The van der Waals surface area contributed by atoms with Gasteiger partial charge in [-0.25, -0.2) is 9.18 Å². The van der Waals surface area contributed by atoms with E-state index in [4.69, 9.17) is 4.74 Å². The van der Waals surface area contributed by atoms with E-state index in [0.29, 0.717) is 25.0 Å². The van der Waals surface area contributed by atoms with Crippen molar-refractivity contribution in [1.29, 1.82) is 0 Å². The highest BCUT2D eigenvalue weighted by atomic mass is 19.4. The Balaban J connectivity index is 2.45. The predicted octanol–water partition coefficient (Wildman–Crippen LogP) is 7.31. The summed E-state index contributed by atoms with van der Waals surface area (Å²) in [7, 11) is 0. The van der Waals surface area contributed by atoms with Crippen LogP contribution in [-0.2, 0) is 10.9 Å². The van der Waals surface area contributed by atoms with E-state index < -0.39 is 23.5 Å². The number of esters is 1. The van der Waals surface area contributed by atoms with Crippen LogP contribution >= 0.6 is 0 Å². The smallest absolute Gasteiger partial charge is 0.419 e. The number of halogens is 4. The average Bonchev–Trinajstić information content (AvgIpc) is 2.62. The Bertz CT molecular complexity index is 570. The van der Waals surface area contributed by atoms with Crippen LogP contribution in [0.2, 0.25) is 0 Å². The Morgan fingerprint density at radius 3 is 2.15 bits per heavy atom. The number of carbonyl (C=O) groups is 1. The molecule has 0 aliphatic rings. The molecule has 1 aromatic carbocycles. The monoisotopic (exact) mass is 390 g/mol. The molecule has 6 heteroatoms. The summed E-state index contributed by atoms with van der Waals surface area (Å²) in [6, 6.07) is 2.19. The lowest BCUT2D eigenvalue weighted by Gasteiger charge is -2.17. The first-order valence-electron chi connectivity index (χ1n) is 9.87. The Morgan fingerprint density at radius 1 is 1.00 bits per heavy atom. The second-order valence-corrected chi connectivity index (χ2v) is 6.89. The number of benzene rings is 1. The normalized spacial score (nSPS) is 12.8. The molecule has 0 bridgehead atoms. The molecule has 0 fully saturated rings. The summed E-state index contributed by atoms with van der Waals surface area (Å²) in [6.45, 7) is 4.05. The van der Waals surface area contributed by atoms with Crippen molar-refractivity contribution in [3.8, 4) is 0 Å². The molecular weight excluding hydrogens is 360 g/mol. The number of unbranched alkanes of at least 4 members (excludes halogenated alkanes) is 7. The molecule has 0 radical (unpaired) electrons. The highest BCUT2D eigenvalue weighted by Crippen LogP contribution is 2.32. The van der Waals surface area contributed by atoms with Gasteiger partial charge in [0.2, 0.25) is 0 Å². The van der Waals surface area contributed by atoms with Crippen molar-refractivity contribution < 1.29 is 27.1 Å². The van der Waals surface area contributed by atoms with E-state index in [0.717, 1.165) is 25.3 Å². The molecule has 0 saturated carbocycles. The minimum absolute atomic E-state index is 0.280. The second kappa shape index (κ2) is 12.0. The molecule has 0 amide bonds. The third kappa shape index (κ3) is 8.76. The molecule has 0 aliphatic carbocycles. The lowest BCUT2D eigenvalue weighted by Crippen LogP contribution is -2.18. The SMILES string of the molecule is CCCCCCCCCCC(CC)OC(=O)c1ccc(F)c(C(F)(F)F)c1. The Hall–Kier alpha value is -1.59. The zero-order chi connectivity index (χ0) is 20.3. The van der Waals surface area contributed by atoms with Crippen molar-refractivity contribution in [2.75, 3.05) is 0 Å². The first-order valence-corrected chi connectivity index (χ1v) is 9.87. The van der Waals surface area contributed by atoms with Crippen molar-refractivity contribution in [3.63, 3.8) is 0 Å². The minimum atomic E-state index is -4.85. The van der Waals surface area contributed by atoms with Crippen LogP contribution < -0.4 is 0 Å². The van der Waals surface area contributed by atoms with Gasteiger partial charge >= 0.3 is 12.1 Å². The van der Waals surface area contributed by atoms with Gasteiger partial charge in [0.1, 0.15) is 11.9 Å². The van der Waals surface area contributed by atoms with E-state index in [9.17, 15) is 22.4 Å². The van der Waals surface area contributed by atoms with Gasteiger partial charge in [0.15, 0.2) is 0 Å². The highest BCUT2D eigenvalue weighted by Gasteiger charge is 2.35. The van der Waals surface area contributed by atoms with Crippen LogP contribution in [0.5, 0.6) is 0 Å². The quantitative estimate of drug-likeness (QED) is 0.212. The van der Waals surface area contributed by atoms with Gasteiger partial charge in [-0.2, -0.15) is 13.2 Å². The van der Waals surface area contributed by atoms with Crippen molar-refractivity contribution in [1.82, 2.24) is 0 Å². The first-order chi connectivity index (χ1) is 12.8. The first kappa shape index (κ1) is 23.4. The maximum absolute atomic E-state index is 13.3. The van der Waals surface area contributed by atoms with Crippen molar-refractivity contribution in [3.05, 3.63) is 35.1 Å². The van der Waals surface area contributed by atoms with Crippen LogP contribution in [0.1, 0.15) is 94.0 Å². The van der Waals surface area contributed by atoms with Crippen molar-refractivity contribution in [2.24, 2.45) is 0 Å². The van der Waals surface area contributed by atoms with Crippen molar-refractivity contribution in [2.45, 2.75) is 90.3 Å². The number of hydrogen-bond acceptors (Lipinski definition) is 2. The molecule has 0 spiro atoms. The van der Waals surface area contributed by atoms with Crippen LogP contribution in [0.15, 0.2) is 18.2 Å². The average molecular weight is 390 g/mol. The van der Waals surface area contributed by atoms with Crippen LogP contribution in [0.3, 0.4) is 0 Å². The maximum atomic E-state index is 13.3. The van der Waals surface area contributed by atoms with E-state index in [1.165, 1.54) is 32.1 Å². The molecule has 0 heterocycles. The molecule has 1 rings (SSSR count). The largest absolute Gasteiger partial charge is 0.459 e. The zero-order valence-corrected chi connectivity index (χ0v) is 16.2. The number of alkyl halides is 3. The summed E-state index contributed by atoms with van der Waals surface area (Å²) < 4.78 is 56.9. The van der Waals surface area contributed by atoms with Gasteiger partial charge in [0.05, 0.1) is 11.1 Å². The Labute approximate surface area is 159 Å². The second-order valence-electron chi connectivity index (χ2n) is 6.89. The molecule has 27 heavy (non-hydrogen) atoms. The van der Waals surface area contributed by atoms with Crippen LogP contribution in [0.4, 0.5) is 17.6 Å². The molecule has 1 aromatic rings. The minimum Gasteiger partial charge on any atom is -0.459 e. The fourth-order valence-electron chi connectivity index (χ4n) is 2.94. The van der Waals surface area contributed by atoms with Crippen LogP contribution in [0, 0.1) is 5.82 Å². The third-order valence-corrected chi connectivity index (χ3v) is 4.62. The van der Waals surface area contributed by atoms with Crippen LogP contribution in [0.25, 0.3) is 0 Å². The molecule has 1 atom stereocenters. The summed E-state index contributed by atoms with van der Waals surface area (Å²) in [6.07, 6.45) is 5.41. The van der Waals surface area contributed by atoms with E-state index in [1.807, 2.05) is 6.92 Å². The van der Waals surface area contributed by atoms with Crippen LogP contribution in [-0.4, -0.2) is 12.1 Å². The molecule has 0 aromatic heterocycles. The van der Waals surface area contributed by atoms with Gasteiger partial charge in [0, 0.05) is 0 Å². The van der Waals surface area contributed by atoms with Gasteiger partial charge in [-0.1, -0.05) is 58.8 Å². The highest BCUT2D eigenvalue weighted by molar-refractivity contribution is 5.89. The molecule has 2 nitrogen and oxygen atoms in total. The number of ether oxygens (including phenoxy) is 1. The topological polar surface area (TPSA) is 26.3 Å². The molecule has 0 saturated heterocycles. The lowest BCUT2D eigenvalue weighted by atomic mass is 10.0. The zero-order valence-electron chi connectivity index (χ0n) is 16.2. The molecule has 1 unspecified atom stereocenters. The van der Waals surface area contributed by atoms with E-state index >= 15 is 0 Å². The van der Waals surface area contributed by atoms with Gasteiger partial charge in [0.25, 0.3) is 0 Å². The fourth-order valence-corrected chi connectivity index (χ4v) is 2.94. The summed E-state index contributed by atoms with van der Waals surface area (Å²) in [4.78, 5) is 12.1. The molecule has 0 aliphatic heterocycles. The number of carbonyl (C=O) groups excluding carboxylic acids is 1. The predicted molar refractivity (Wildman–Crippen MR) is 98.1 cm³/mol. The summed E-state index contributed by atoms with van der Waals surface area (Å²) >= 11 is 0. The van der Waals surface area contributed by atoms with Gasteiger partial charge in [-0.15, -0.1) is 0 Å². The lowest BCUT2D eigenvalue weighted by molar-refractivity contribution is -0.140. The summed E-state index contributed by atoms with van der Waals surface area (Å²) in [5.74, 6) is -2.24.